The van der Waals surface area contributed by atoms with E-state index < -0.39 is 0 Å². The van der Waals surface area contributed by atoms with E-state index in [9.17, 15) is 4.79 Å². The standard InChI is InChI=1S/C16H13NO/c18-15-12-6-2-4-8-14(12)16(17-15)10-9-11-5-1-3-7-13(11)16/h1-8H,9-10H2,(H,17,18). The third-order valence-corrected chi connectivity index (χ3v) is 4.20. The van der Waals surface area contributed by atoms with Gasteiger partial charge in [0.25, 0.3) is 5.91 Å². The van der Waals surface area contributed by atoms with Crippen LogP contribution >= 0.6 is 0 Å². The molecule has 2 heteroatoms. The molecule has 0 saturated carbocycles. The van der Waals surface area contributed by atoms with Crippen molar-refractivity contribution in [3.05, 3.63) is 70.8 Å². The summed E-state index contributed by atoms with van der Waals surface area (Å²) in [6.45, 7) is 0. The van der Waals surface area contributed by atoms with Gasteiger partial charge in [-0.3, -0.25) is 4.79 Å². The van der Waals surface area contributed by atoms with E-state index in [0.29, 0.717) is 0 Å². The Morgan fingerprint density at radius 2 is 1.67 bits per heavy atom. The molecule has 0 fully saturated rings. The first-order chi connectivity index (χ1) is 8.81. The molecule has 88 valence electrons. The second kappa shape index (κ2) is 3.22. The van der Waals surface area contributed by atoms with Crippen LogP contribution in [-0.2, 0) is 12.0 Å². The maximum absolute atomic E-state index is 12.1. The number of nitrogens with one attached hydrogen (secondary N) is 1. The van der Waals surface area contributed by atoms with Gasteiger partial charge in [0.15, 0.2) is 0 Å². The van der Waals surface area contributed by atoms with Gasteiger partial charge in [-0.15, -0.1) is 0 Å². The summed E-state index contributed by atoms with van der Waals surface area (Å²) in [5.41, 5.74) is 4.32. The molecule has 0 aromatic heterocycles. The van der Waals surface area contributed by atoms with Gasteiger partial charge >= 0.3 is 0 Å². The number of carbonyl (C=O) groups is 1. The maximum Gasteiger partial charge on any atom is 0.252 e. The second-order valence-electron chi connectivity index (χ2n) is 5.06. The highest BCUT2D eigenvalue weighted by molar-refractivity contribution is 6.01. The maximum atomic E-state index is 12.1. The Morgan fingerprint density at radius 1 is 0.944 bits per heavy atom. The fourth-order valence-electron chi connectivity index (χ4n) is 3.40. The first kappa shape index (κ1) is 9.89. The van der Waals surface area contributed by atoms with Crippen molar-refractivity contribution in [2.75, 3.05) is 0 Å². The Bertz CT molecular complexity index is 662. The summed E-state index contributed by atoms with van der Waals surface area (Å²) in [5.74, 6) is 0.0577. The number of hydrogen-bond acceptors (Lipinski definition) is 1. The molecule has 0 saturated heterocycles. The summed E-state index contributed by atoms with van der Waals surface area (Å²) in [5, 5.41) is 3.21. The first-order valence-corrected chi connectivity index (χ1v) is 6.32. The van der Waals surface area contributed by atoms with Crippen molar-refractivity contribution >= 4 is 5.91 Å². The third-order valence-electron chi connectivity index (χ3n) is 4.20. The molecule has 0 bridgehead atoms. The zero-order valence-electron chi connectivity index (χ0n) is 9.94. The molecule has 1 N–H and O–H groups in total. The Kier molecular flexibility index (Phi) is 1.77. The van der Waals surface area contributed by atoms with Gasteiger partial charge in [-0.05, 0) is 35.6 Å². The van der Waals surface area contributed by atoms with Gasteiger partial charge in [0, 0.05) is 5.56 Å². The molecule has 2 aliphatic rings. The van der Waals surface area contributed by atoms with Gasteiger partial charge in [0.05, 0.1) is 5.54 Å². The average molecular weight is 235 g/mol. The van der Waals surface area contributed by atoms with Crippen molar-refractivity contribution < 1.29 is 4.79 Å². The fourth-order valence-corrected chi connectivity index (χ4v) is 3.40. The molecular weight excluding hydrogens is 222 g/mol. The topological polar surface area (TPSA) is 29.1 Å². The zero-order valence-corrected chi connectivity index (χ0v) is 9.94. The number of rotatable bonds is 0. The predicted molar refractivity (Wildman–Crippen MR) is 69.5 cm³/mol. The number of hydrogen-bond donors (Lipinski definition) is 1. The van der Waals surface area contributed by atoms with E-state index in [1.165, 1.54) is 11.1 Å². The molecular formula is C16H13NO. The van der Waals surface area contributed by atoms with Crippen molar-refractivity contribution in [2.45, 2.75) is 18.4 Å². The molecule has 18 heavy (non-hydrogen) atoms. The van der Waals surface area contributed by atoms with Crippen LogP contribution in [0.25, 0.3) is 0 Å². The van der Waals surface area contributed by atoms with Crippen LogP contribution in [0, 0.1) is 0 Å². The van der Waals surface area contributed by atoms with Gasteiger partial charge < -0.3 is 5.32 Å². The van der Waals surface area contributed by atoms with Crippen LogP contribution in [0.4, 0.5) is 0 Å². The molecule has 1 aliphatic carbocycles. The van der Waals surface area contributed by atoms with E-state index in [-0.39, 0.29) is 11.4 Å². The highest BCUT2D eigenvalue weighted by Crippen LogP contribution is 2.46. The summed E-state index contributed by atoms with van der Waals surface area (Å²) in [4.78, 5) is 12.1. The van der Waals surface area contributed by atoms with E-state index in [1.54, 1.807) is 0 Å². The minimum atomic E-state index is -0.274. The first-order valence-electron chi connectivity index (χ1n) is 6.32. The minimum Gasteiger partial charge on any atom is -0.338 e. The largest absolute Gasteiger partial charge is 0.338 e. The van der Waals surface area contributed by atoms with E-state index in [2.05, 4.69) is 35.6 Å². The van der Waals surface area contributed by atoms with E-state index >= 15 is 0 Å². The minimum absolute atomic E-state index is 0.0577. The summed E-state index contributed by atoms with van der Waals surface area (Å²) < 4.78 is 0. The van der Waals surface area contributed by atoms with Crippen LogP contribution in [0.15, 0.2) is 48.5 Å². The van der Waals surface area contributed by atoms with Gasteiger partial charge in [-0.25, -0.2) is 0 Å². The highest BCUT2D eigenvalue weighted by Gasteiger charge is 2.47. The quantitative estimate of drug-likeness (QED) is 0.747. The monoisotopic (exact) mass is 235 g/mol. The van der Waals surface area contributed by atoms with Gasteiger partial charge in [0.1, 0.15) is 0 Å². The number of carbonyl (C=O) groups excluding carboxylic acids is 1. The van der Waals surface area contributed by atoms with E-state index in [4.69, 9.17) is 0 Å². The Labute approximate surface area is 106 Å². The molecule has 1 unspecified atom stereocenters. The summed E-state index contributed by atoms with van der Waals surface area (Å²) in [7, 11) is 0. The lowest BCUT2D eigenvalue weighted by molar-refractivity contribution is 0.0940. The van der Waals surface area contributed by atoms with Gasteiger partial charge in [-0.2, -0.15) is 0 Å². The van der Waals surface area contributed by atoms with Crippen molar-refractivity contribution in [1.82, 2.24) is 5.32 Å². The zero-order chi connectivity index (χ0) is 12.2. The van der Waals surface area contributed by atoms with Crippen molar-refractivity contribution in [3.8, 4) is 0 Å². The number of aryl methyl sites for hydroxylation is 1. The van der Waals surface area contributed by atoms with Crippen molar-refractivity contribution in [3.63, 3.8) is 0 Å². The Morgan fingerprint density at radius 3 is 2.56 bits per heavy atom. The SMILES string of the molecule is O=C1NC2(CCc3ccccc32)c2ccccc21. The molecule has 2 aromatic rings. The summed E-state index contributed by atoms with van der Waals surface area (Å²) >= 11 is 0. The smallest absolute Gasteiger partial charge is 0.252 e. The van der Waals surface area contributed by atoms with Crippen LogP contribution in [0.1, 0.15) is 33.5 Å². The normalized spacial score (nSPS) is 23.9. The van der Waals surface area contributed by atoms with Crippen LogP contribution in [-0.4, -0.2) is 5.91 Å². The Hall–Kier alpha value is -2.09. The van der Waals surface area contributed by atoms with Crippen LogP contribution < -0.4 is 5.32 Å². The molecule has 1 atom stereocenters. The number of amides is 1. The summed E-state index contributed by atoms with van der Waals surface area (Å²) in [6, 6.07) is 16.4. The predicted octanol–water partition coefficient (Wildman–Crippen LogP) is 2.62. The van der Waals surface area contributed by atoms with Crippen molar-refractivity contribution in [1.29, 1.82) is 0 Å². The second-order valence-corrected chi connectivity index (χ2v) is 5.06. The molecule has 0 radical (unpaired) electrons. The van der Waals surface area contributed by atoms with Crippen LogP contribution in [0.3, 0.4) is 0 Å². The van der Waals surface area contributed by atoms with Crippen LogP contribution in [0.5, 0.6) is 0 Å². The average Bonchev–Trinajstić information content (AvgIpc) is 2.92. The molecule has 1 amide bonds. The molecule has 1 heterocycles. The molecule has 1 spiro atoms. The van der Waals surface area contributed by atoms with Gasteiger partial charge in [-0.1, -0.05) is 42.5 Å². The lowest BCUT2D eigenvalue weighted by Gasteiger charge is -2.26. The number of fused-ring (bicyclic) bond motifs is 4. The molecule has 2 nitrogen and oxygen atoms in total. The third kappa shape index (κ3) is 1.05. The Balaban J connectivity index is 2.01. The van der Waals surface area contributed by atoms with Gasteiger partial charge in [0.2, 0.25) is 0 Å². The fraction of sp³-hybridized carbons (Fsp3) is 0.188. The summed E-state index contributed by atoms with van der Waals surface area (Å²) in [6.07, 6.45) is 2.00. The van der Waals surface area contributed by atoms with E-state index in [0.717, 1.165) is 24.0 Å². The lowest BCUT2D eigenvalue weighted by Crippen LogP contribution is -2.38. The highest BCUT2D eigenvalue weighted by atomic mass is 16.2. The molecule has 1 aliphatic heterocycles. The molecule has 2 aromatic carbocycles. The van der Waals surface area contributed by atoms with E-state index in [1.807, 2.05) is 18.2 Å². The molecule has 4 rings (SSSR count). The van der Waals surface area contributed by atoms with Crippen LogP contribution in [0.2, 0.25) is 0 Å². The van der Waals surface area contributed by atoms with Crippen molar-refractivity contribution in [2.24, 2.45) is 0 Å². The number of benzene rings is 2. The lowest BCUT2D eigenvalue weighted by atomic mass is 9.85.